The molecule has 19 heavy (non-hydrogen) atoms. The highest BCUT2D eigenvalue weighted by molar-refractivity contribution is 6.30. The summed E-state index contributed by atoms with van der Waals surface area (Å²) in [6.45, 7) is 10.00. The van der Waals surface area contributed by atoms with Gasteiger partial charge in [-0.2, -0.15) is 0 Å². The molecule has 0 aliphatic carbocycles. The monoisotopic (exact) mass is 276 g/mol. The van der Waals surface area contributed by atoms with Crippen LogP contribution in [0.25, 0.3) is 0 Å². The highest BCUT2D eigenvalue weighted by atomic mass is 35.5. The predicted molar refractivity (Wildman–Crippen MR) is 77.2 cm³/mol. The molecule has 100 valence electrons. The van der Waals surface area contributed by atoms with Gasteiger partial charge < -0.3 is 4.74 Å². The van der Waals surface area contributed by atoms with Gasteiger partial charge in [-0.3, -0.25) is 0 Å². The lowest BCUT2D eigenvalue weighted by molar-refractivity contribution is 0.446. The van der Waals surface area contributed by atoms with Crippen molar-refractivity contribution in [3.63, 3.8) is 0 Å². The van der Waals surface area contributed by atoms with E-state index in [9.17, 15) is 0 Å². The molecular weight excluding hydrogens is 260 g/mol. The van der Waals surface area contributed by atoms with E-state index < -0.39 is 0 Å². The summed E-state index contributed by atoms with van der Waals surface area (Å²) in [5, 5.41) is 8.35. The Labute approximate surface area is 118 Å². The second-order valence-corrected chi connectivity index (χ2v) is 5.21. The van der Waals surface area contributed by atoms with Gasteiger partial charge >= 0.3 is 0 Å². The van der Waals surface area contributed by atoms with E-state index in [4.69, 9.17) is 16.3 Å². The molecule has 1 heterocycles. The number of nitrogens with zero attached hydrogens (tertiary/aromatic N) is 2. The van der Waals surface area contributed by atoms with Crippen molar-refractivity contribution in [1.29, 1.82) is 0 Å². The molecule has 2 aromatic rings. The van der Waals surface area contributed by atoms with E-state index in [1.165, 1.54) is 5.56 Å². The Balaban J connectivity index is 2.45. The minimum absolute atomic E-state index is 0.419. The normalized spacial score (nSPS) is 10.6. The van der Waals surface area contributed by atoms with Crippen LogP contribution in [0.4, 0.5) is 0 Å². The summed E-state index contributed by atoms with van der Waals surface area (Å²) in [5.41, 5.74) is 5.28. The molecule has 0 N–H and O–H groups in total. The minimum atomic E-state index is 0.419. The fourth-order valence-corrected chi connectivity index (χ4v) is 2.04. The van der Waals surface area contributed by atoms with Gasteiger partial charge in [0.15, 0.2) is 5.15 Å². The molecule has 0 fully saturated rings. The number of benzene rings is 1. The molecule has 0 spiro atoms. The van der Waals surface area contributed by atoms with Crippen LogP contribution in [0.5, 0.6) is 11.6 Å². The summed E-state index contributed by atoms with van der Waals surface area (Å²) in [7, 11) is 0. The van der Waals surface area contributed by atoms with E-state index in [2.05, 4.69) is 23.2 Å². The molecule has 0 unspecified atom stereocenters. The summed E-state index contributed by atoms with van der Waals surface area (Å²) in [5.74, 6) is 1.33. The van der Waals surface area contributed by atoms with E-state index in [1.807, 2.05) is 33.8 Å². The lowest BCUT2D eigenvalue weighted by atomic mass is 10.1. The van der Waals surface area contributed by atoms with Crippen LogP contribution in [0.3, 0.4) is 0 Å². The Hall–Kier alpha value is -1.61. The Morgan fingerprint density at radius 1 is 0.895 bits per heavy atom. The number of ether oxygens (including phenoxy) is 1. The maximum atomic E-state index is 5.94. The van der Waals surface area contributed by atoms with E-state index in [1.54, 1.807) is 0 Å². The molecule has 0 radical (unpaired) electrons. The molecule has 0 bridgehead atoms. The van der Waals surface area contributed by atoms with Crippen LogP contribution in [-0.2, 0) is 0 Å². The number of rotatable bonds is 2. The average Bonchev–Trinajstić information content (AvgIpc) is 2.36. The van der Waals surface area contributed by atoms with E-state index in [-0.39, 0.29) is 0 Å². The SMILES string of the molecule is Cc1cc(C)c(C)c(Oc2nnc(Cl)c(C)c2C)c1. The first-order valence-corrected chi connectivity index (χ1v) is 6.53. The highest BCUT2D eigenvalue weighted by Crippen LogP contribution is 2.30. The maximum absolute atomic E-state index is 5.94. The first kappa shape index (κ1) is 13.8. The van der Waals surface area contributed by atoms with Gasteiger partial charge in [-0.15, -0.1) is 10.2 Å². The topological polar surface area (TPSA) is 35.0 Å². The molecule has 3 nitrogen and oxygen atoms in total. The second kappa shape index (κ2) is 5.17. The average molecular weight is 277 g/mol. The number of hydrogen-bond donors (Lipinski definition) is 0. The van der Waals surface area contributed by atoms with Gasteiger partial charge in [0.05, 0.1) is 0 Å². The van der Waals surface area contributed by atoms with Gasteiger partial charge in [-0.25, -0.2) is 0 Å². The molecule has 0 saturated carbocycles. The van der Waals surface area contributed by atoms with Gasteiger partial charge in [-0.1, -0.05) is 17.7 Å². The van der Waals surface area contributed by atoms with Gasteiger partial charge in [0.25, 0.3) is 0 Å². The third-order valence-corrected chi connectivity index (χ3v) is 3.75. The van der Waals surface area contributed by atoms with Crippen molar-refractivity contribution >= 4 is 11.6 Å². The largest absolute Gasteiger partial charge is 0.437 e. The van der Waals surface area contributed by atoms with Crippen molar-refractivity contribution in [2.24, 2.45) is 0 Å². The van der Waals surface area contributed by atoms with Crippen molar-refractivity contribution in [1.82, 2.24) is 10.2 Å². The number of aryl methyl sites for hydroxylation is 2. The lowest BCUT2D eigenvalue weighted by Crippen LogP contribution is -1.99. The van der Waals surface area contributed by atoms with Gasteiger partial charge in [-0.05, 0) is 62.9 Å². The van der Waals surface area contributed by atoms with Crippen LogP contribution in [0.1, 0.15) is 27.8 Å². The lowest BCUT2D eigenvalue weighted by Gasteiger charge is -2.13. The van der Waals surface area contributed by atoms with Gasteiger partial charge in [0.2, 0.25) is 5.88 Å². The van der Waals surface area contributed by atoms with Crippen LogP contribution < -0.4 is 4.74 Å². The zero-order chi connectivity index (χ0) is 14.2. The standard InChI is InChI=1S/C15H17ClN2O/c1-8-6-9(2)10(3)13(7-8)19-15-12(5)11(4)14(16)17-18-15/h6-7H,1-5H3. The number of aromatic nitrogens is 2. The van der Waals surface area contributed by atoms with Crippen molar-refractivity contribution in [3.05, 3.63) is 45.1 Å². The number of hydrogen-bond acceptors (Lipinski definition) is 3. The van der Waals surface area contributed by atoms with Crippen LogP contribution in [-0.4, -0.2) is 10.2 Å². The Morgan fingerprint density at radius 2 is 1.58 bits per heavy atom. The van der Waals surface area contributed by atoms with E-state index >= 15 is 0 Å². The Bertz CT molecular complexity index is 639. The van der Waals surface area contributed by atoms with Crippen LogP contribution >= 0.6 is 11.6 Å². The molecule has 2 rings (SSSR count). The summed E-state index contributed by atoms with van der Waals surface area (Å²) >= 11 is 5.94. The highest BCUT2D eigenvalue weighted by Gasteiger charge is 2.12. The van der Waals surface area contributed by atoms with E-state index in [0.717, 1.165) is 28.0 Å². The quantitative estimate of drug-likeness (QED) is 0.812. The van der Waals surface area contributed by atoms with Crippen LogP contribution in [0.15, 0.2) is 12.1 Å². The molecule has 0 aliphatic heterocycles. The fourth-order valence-electron chi connectivity index (χ4n) is 1.86. The maximum Gasteiger partial charge on any atom is 0.242 e. The van der Waals surface area contributed by atoms with Crippen molar-refractivity contribution in [3.8, 4) is 11.6 Å². The molecule has 0 saturated heterocycles. The Morgan fingerprint density at radius 3 is 2.26 bits per heavy atom. The second-order valence-electron chi connectivity index (χ2n) is 4.85. The zero-order valence-corrected chi connectivity index (χ0v) is 12.6. The summed E-state index contributed by atoms with van der Waals surface area (Å²) in [6, 6.07) is 4.14. The predicted octanol–water partition coefficient (Wildman–Crippen LogP) is 4.46. The summed E-state index contributed by atoms with van der Waals surface area (Å²) < 4.78 is 5.91. The minimum Gasteiger partial charge on any atom is -0.437 e. The molecule has 0 aliphatic rings. The molecule has 1 aromatic carbocycles. The van der Waals surface area contributed by atoms with Gasteiger partial charge in [0.1, 0.15) is 5.75 Å². The fraction of sp³-hybridized carbons (Fsp3) is 0.333. The molecular formula is C15H17ClN2O. The van der Waals surface area contributed by atoms with E-state index in [0.29, 0.717) is 11.0 Å². The van der Waals surface area contributed by atoms with Gasteiger partial charge in [0, 0.05) is 5.56 Å². The molecule has 1 aromatic heterocycles. The van der Waals surface area contributed by atoms with Crippen LogP contribution in [0, 0.1) is 34.6 Å². The Kier molecular flexibility index (Phi) is 3.76. The summed E-state index contributed by atoms with van der Waals surface area (Å²) in [4.78, 5) is 0. The molecule has 0 amide bonds. The molecule has 4 heteroatoms. The van der Waals surface area contributed by atoms with Crippen molar-refractivity contribution in [2.75, 3.05) is 0 Å². The zero-order valence-electron chi connectivity index (χ0n) is 11.8. The smallest absolute Gasteiger partial charge is 0.242 e. The third-order valence-electron chi connectivity index (χ3n) is 3.39. The van der Waals surface area contributed by atoms with Crippen molar-refractivity contribution in [2.45, 2.75) is 34.6 Å². The molecule has 0 atom stereocenters. The third kappa shape index (κ3) is 2.71. The van der Waals surface area contributed by atoms with Crippen LogP contribution in [0.2, 0.25) is 5.15 Å². The van der Waals surface area contributed by atoms with Crippen molar-refractivity contribution < 1.29 is 4.74 Å². The number of halogens is 1. The summed E-state index contributed by atoms with van der Waals surface area (Å²) in [6.07, 6.45) is 0. The first-order chi connectivity index (χ1) is 8.90. The first-order valence-electron chi connectivity index (χ1n) is 6.15.